The van der Waals surface area contributed by atoms with Crippen LogP contribution in [0, 0.1) is 5.92 Å². The lowest BCUT2D eigenvalue weighted by molar-refractivity contribution is -0.137. The molecule has 0 saturated heterocycles. The van der Waals surface area contributed by atoms with Crippen molar-refractivity contribution in [3.05, 3.63) is 0 Å². The van der Waals surface area contributed by atoms with Gasteiger partial charge in [0.25, 0.3) is 0 Å². The molecule has 0 aliphatic carbocycles. The Hall–Kier alpha value is -1.10. The summed E-state index contributed by atoms with van der Waals surface area (Å²) in [4.78, 5) is 21.7. The van der Waals surface area contributed by atoms with E-state index in [1.54, 1.807) is 0 Å². The summed E-state index contributed by atoms with van der Waals surface area (Å²) in [5, 5.41) is 14.6. The summed E-state index contributed by atoms with van der Waals surface area (Å²) in [7, 11) is 0. The molecule has 0 aromatic rings. The Morgan fingerprint density at radius 1 is 1.06 bits per heavy atom. The zero-order valence-electron chi connectivity index (χ0n) is 11.7. The van der Waals surface area contributed by atoms with Crippen LogP contribution in [-0.4, -0.2) is 36.1 Å². The summed E-state index contributed by atoms with van der Waals surface area (Å²) in [6, 6.07) is 0.188. The van der Waals surface area contributed by atoms with Crippen LogP contribution in [0.1, 0.15) is 46.5 Å². The molecular formula is C13H26N2O3. The third kappa shape index (κ3) is 11.4. The molecule has 0 bridgehead atoms. The maximum atomic E-state index is 11.3. The van der Waals surface area contributed by atoms with Gasteiger partial charge >= 0.3 is 5.97 Å². The highest BCUT2D eigenvalue weighted by atomic mass is 16.4. The number of hydrogen-bond acceptors (Lipinski definition) is 3. The van der Waals surface area contributed by atoms with E-state index >= 15 is 0 Å². The molecule has 0 saturated carbocycles. The average molecular weight is 258 g/mol. The molecule has 0 aromatic heterocycles. The van der Waals surface area contributed by atoms with E-state index in [9.17, 15) is 9.59 Å². The number of amides is 1. The van der Waals surface area contributed by atoms with Gasteiger partial charge in [-0.3, -0.25) is 9.59 Å². The zero-order valence-corrected chi connectivity index (χ0v) is 11.7. The Balaban J connectivity index is 3.39. The molecule has 0 rings (SSSR count). The number of carbonyl (C=O) groups excluding carboxylic acids is 1. The Labute approximate surface area is 109 Å². The van der Waals surface area contributed by atoms with E-state index in [-0.39, 0.29) is 18.4 Å². The molecule has 0 fully saturated rings. The third-order valence-corrected chi connectivity index (χ3v) is 2.64. The van der Waals surface area contributed by atoms with Crippen LogP contribution in [0.15, 0.2) is 0 Å². The Morgan fingerprint density at radius 3 is 2.28 bits per heavy atom. The largest absolute Gasteiger partial charge is 0.481 e. The van der Waals surface area contributed by atoms with Crippen molar-refractivity contribution in [1.82, 2.24) is 10.6 Å². The topological polar surface area (TPSA) is 78.4 Å². The van der Waals surface area contributed by atoms with Crippen LogP contribution in [0.5, 0.6) is 0 Å². The standard InChI is InChI=1S/C13H26N2O3/c1-10(2)15-12(16)7-9-14-8-6-11(3)4-5-13(17)18/h10-11,14H,4-9H2,1-3H3,(H,15,16)(H,17,18). The van der Waals surface area contributed by atoms with Gasteiger partial charge in [0.05, 0.1) is 0 Å². The smallest absolute Gasteiger partial charge is 0.303 e. The van der Waals surface area contributed by atoms with Gasteiger partial charge in [-0.15, -0.1) is 0 Å². The Bertz CT molecular complexity index is 255. The third-order valence-electron chi connectivity index (χ3n) is 2.64. The van der Waals surface area contributed by atoms with E-state index in [1.807, 2.05) is 13.8 Å². The van der Waals surface area contributed by atoms with E-state index in [4.69, 9.17) is 5.11 Å². The zero-order chi connectivity index (χ0) is 14.0. The normalized spacial score (nSPS) is 12.4. The molecule has 1 atom stereocenters. The summed E-state index contributed by atoms with van der Waals surface area (Å²) in [5.41, 5.74) is 0. The molecule has 0 radical (unpaired) electrons. The summed E-state index contributed by atoms with van der Waals surface area (Å²) in [5.74, 6) is -0.269. The predicted octanol–water partition coefficient (Wildman–Crippen LogP) is 1.38. The molecule has 0 aliphatic heterocycles. The fourth-order valence-electron chi connectivity index (χ4n) is 1.58. The van der Waals surface area contributed by atoms with E-state index in [2.05, 4.69) is 17.6 Å². The lowest BCUT2D eigenvalue weighted by atomic mass is 10.0. The molecule has 106 valence electrons. The predicted molar refractivity (Wildman–Crippen MR) is 71.4 cm³/mol. The molecular weight excluding hydrogens is 232 g/mol. The van der Waals surface area contributed by atoms with Gasteiger partial charge < -0.3 is 15.7 Å². The molecule has 0 spiro atoms. The second kappa shape index (κ2) is 9.88. The second-order valence-corrected chi connectivity index (χ2v) is 5.05. The SMILES string of the molecule is CC(CCNCCC(=O)NC(C)C)CCC(=O)O. The van der Waals surface area contributed by atoms with E-state index in [0.29, 0.717) is 25.3 Å². The van der Waals surface area contributed by atoms with Gasteiger partial charge in [-0.25, -0.2) is 0 Å². The van der Waals surface area contributed by atoms with Crippen LogP contribution in [-0.2, 0) is 9.59 Å². The summed E-state index contributed by atoms with van der Waals surface area (Å²) >= 11 is 0. The van der Waals surface area contributed by atoms with Crippen LogP contribution < -0.4 is 10.6 Å². The van der Waals surface area contributed by atoms with Gasteiger partial charge in [0.2, 0.25) is 5.91 Å². The maximum absolute atomic E-state index is 11.3. The fraction of sp³-hybridized carbons (Fsp3) is 0.846. The molecule has 0 heterocycles. The first-order chi connectivity index (χ1) is 8.41. The summed E-state index contributed by atoms with van der Waals surface area (Å²) in [6.07, 6.45) is 2.38. The van der Waals surface area contributed by atoms with E-state index < -0.39 is 5.97 Å². The van der Waals surface area contributed by atoms with Gasteiger partial charge in [0.15, 0.2) is 0 Å². The van der Waals surface area contributed by atoms with Crippen molar-refractivity contribution < 1.29 is 14.7 Å². The lowest BCUT2D eigenvalue weighted by Crippen LogP contribution is -2.32. The van der Waals surface area contributed by atoms with Gasteiger partial charge in [-0.2, -0.15) is 0 Å². The number of aliphatic carboxylic acids is 1. The maximum Gasteiger partial charge on any atom is 0.303 e. The number of nitrogens with one attached hydrogen (secondary N) is 2. The average Bonchev–Trinajstić information content (AvgIpc) is 2.24. The van der Waals surface area contributed by atoms with Crippen molar-refractivity contribution in [2.45, 2.75) is 52.5 Å². The van der Waals surface area contributed by atoms with Crippen molar-refractivity contribution in [3.63, 3.8) is 0 Å². The highest BCUT2D eigenvalue weighted by molar-refractivity contribution is 5.76. The minimum atomic E-state index is -0.736. The van der Waals surface area contributed by atoms with Crippen LogP contribution in [0.3, 0.4) is 0 Å². The monoisotopic (exact) mass is 258 g/mol. The molecule has 0 aliphatic rings. The lowest BCUT2D eigenvalue weighted by Gasteiger charge is -2.11. The number of rotatable bonds is 10. The number of carboxylic acid groups (broad SMARTS) is 1. The fourth-order valence-corrected chi connectivity index (χ4v) is 1.58. The number of hydrogen-bond donors (Lipinski definition) is 3. The van der Waals surface area contributed by atoms with Crippen molar-refractivity contribution in [3.8, 4) is 0 Å². The van der Waals surface area contributed by atoms with Crippen molar-refractivity contribution >= 4 is 11.9 Å². The van der Waals surface area contributed by atoms with Gasteiger partial charge in [0, 0.05) is 25.4 Å². The van der Waals surface area contributed by atoms with Crippen LogP contribution >= 0.6 is 0 Å². The molecule has 3 N–H and O–H groups in total. The van der Waals surface area contributed by atoms with Crippen molar-refractivity contribution in [2.75, 3.05) is 13.1 Å². The number of carboxylic acids is 1. The first-order valence-electron chi connectivity index (χ1n) is 6.63. The summed E-state index contributed by atoms with van der Waals surface area (Å²) in [6.45, 7) is 7.43. The second-order valence-electron chi connectivity index (χ2n) is 5.05. The van der Waals surface area contributed by atoms with Crippen molar-refractivity contribution in [2.24, 2.45) is 5.92 Å². The molecule has 1 amide bonds. The molecule has 0 aromatic carbocycles. The Morgan fingerprint density at radius 2 is 1.72 bits per heavy atom. The summed E-state index contributed by atoms with van der Waals surface area (Å²) < 4.78 is 0. The Kier molecular flexibility index (Phi) is 9.28. The van der Waals surface area contributed by atoms with Crippen LogP contribution in [0.2, 0.25) is 0 Å². The van der Waals surface area contributed by atoms with Crippen LogP contribution in [0.4, 0.5) is 0 Å². The molecule has 1 unspecified atom stereocenters. The highest BCUT2D eigenvalue weighted by Gasteiger charge is 2.06. The van der Waals surface area contributed by atoms with Crippen molar-refractivity contribution in [1.29, 1.82) is 0 Å². The van der Waals surface area contributed by atoms with Crippen LogP contribution in [0.25, 0.3) is 0 Å². The highest BCUT2D eigenvalue weighted by Crippen LogP contribution is 2.08. The van der Waals surface area contributed by atoms with Gasteiger partial charge in [0.1, 0.15) is 0 Å². The molecule has 18 heavy (non-hydrogen) atoms. The minimum absolute atomic E-state index is 0.0661. The van der Waals surface area contributed by atoms with E-state index in [1.165, 1.54) is 0 Å². The quantitative estimate of drug-likeness (QED) is 0.517. The van der Waals surface area contributed by atoms with Gasteiger partial charge in [-0.05, 0) is 39.2 Å². The number of carbonyl (C=O) groups is 2. The first kappa shape index (κ1) is 16.9. The van der Waals surface area contributed by atoms with E-state index in [0.717, 1.165) is 13.0 Å². The first-order valence-corrected chi connectivity index (χ1v) is 6.63. The molecule has 5 nitrogen and oxygen atoms in total. The minimum Gasteiger partial charge on any atom is -0.481 e. The van der Waals surface area contributed by atoms with Gasteiger partial charge in [-0.1, -0.05) is 6.92 Å². The molecule has 5 heteroatoms.